The van der Waals surface area contributed by atoms with Gasteiger partial charge in [0.2, 0.25) is 0 Å². The molecule has 4 nitrogen and oxygen atoms in total. The van der Waals surface area contributed by atoms with E-state index in [0.717, 1.165) is 11.3 Å². The monoisotopic (exact) mass is 216 g/mol. The third-order valence-corrected chi connectivity index (χ3v) is 1.88. The molecule has 0 saturated carbocycles. The van der Waals surface area contributed by atoms with Gasteiger partial charge in [-0.25, -0.2) is 4.79 Å². The van der Waals surface area contributed by atoms with E-state index in [1.54, 1.807) is 18.2 Å². The summed E-state index contributed by atoms with van der Waals surface area (Å²) in [6, 6.07) is 4.93. The number of hydrogen-bond donors (Lipinski definition) is 3. The van der Waals surface area contributed by atoms with E-state index in [1.807, 2.05) is 6.92 Å². The topological polar surface area (TPSA) is 75.3 Å². The minimum absolute atomic E-state index is 0. The van der Waals surface area contributed by atoms with Gasteiger partial charge in [0.1, 0.15) is 0 Å². The summed E-state index contributed by atoms with van der Waals surface area (Å²) in [7, 11) is 0. The Morgan fingerprint density at radius 3 is 2.64 bits per heavy atom. The number of halogens is 1. The van der Waals surface area contributed by atoms with Crippen molar-refractivity contribution in [2.24, 2.45) is 5.84 Å². The lowest BCUT2D eigenvalue weighted by Crippen LogP contribution is -2.08. The number of carbonyl (C=O) groups is 1. The fraction of sp³-hybridized carbons (Fsp3) is 0.222. The third-order valence-electron chi connectivity index (χ3n) is 1.88. The minimum Gasteiger partial charge on any atom is -0.478 e. The van der Waals surface area contributed by atoms with E-state index in [1.165, 1.54) is 0 Å². The van der Waals surface area contributed by atoms with Crippen molar-refractivity contribution >= 4 is 24.1 Å². The largest absolute Gasteiger partial charge is 0.478 e. The number of rotatable bonds is 3. The van der Waals surface area contributed by atoms with Gasteiger partial charge in [0.05, 0.1) is 5.56 Å². The van der Waals surface area contributed by atoms with Crippen molar-refractivity contribution in [2.45, 2.75) is 13.3 Å². The molecule has 0 radical (unpaired) electrons. The lowest BCUT2D eigenvalue weighted by atomic mass is 10.0. The minimum atomic E-state index is -0.902. The molecule has 0 aromatic heterocycles. The first-order valence-corrected chi connectivity index (χ1v) is 4.02. The van der Waals surface area contributed by atoms with Crippen LogP contribution in [-0.2, 0) is 6.42 Å². The Bertz CT molecular complexity index is 329. The van der Waals surface area contributed by atoms with Gasteiger partial charge in [-0.15, -0.1) is 12.4 Å². The highest BCUT2D eigenvalue weighted by atomic mass is 35.5. The van der Waals surface area contributed by atoms with Crippen LogP contribution >= 0.6 is 12.4 Å². The van der Waals surface area contributed by atoms with Crippen molar-refractivity contribution in [1.82, 2.24) is 0 Å². The van der Waals surface area contributed by atoms with Gasteiger partial charge in [-0.3, -0.25) is 5.84 Å². The van der Waals surface area contributed by atoms with Gasteiger partial charge < -0.3 is 10.5 Å². The van der Waals surface area contributed by atoms with Crippen LogP contribution in [0.5, 0.6) is 0 Å². The molecule has 0 bridgehead atoms. The quantitative estimate of drug-likeness (QED) is 0.531. The Kier molecular flexibility index (Phi) is 4.97. The van der Waals surface area contributed by atoms with Crippen molar-refractivity contribution in [3.05, 3.63) is 29.3 Å². The van der Waals surface area contributed by atoms with Gasteiger partial charge in [-0.05, 0) is 30.2 Å². The summed E-state index contributed by atoms with van der Waals surface area (Å²) in [5.41, 5.74) is 4.31. The number of carboxylic acids is 1. The molecular weight excluding hydrogens is 204 g/mol. The summed E-state index contributed by atoms with van der Waals surface area (Å²) in [5.74, 6) is 4.30. The normalized spacial score (nSPS) is 9.00. The number of nitrogens with one attached hydrogen (secondary N) is 1. The Morgan fingerprint density at radius 2 is 2.21 bits per heavy atom. The van der Waals surface area contributed by atoms with Crippen LogP contribution in [0.15, 0.2) is 18.2 Å². The maximum absolute atomic E-state index is 10.7. The van der Waals surface area contributed by atoms with Crippen LogP contribution in [0, 0.1) is 0 Å². The number of aromatic carboxylic acids is 1. The molecule has 0 spiro atoms. The van der Waals surface area contributed by atoms with E-state index in [2.05, 4.69) is 5.43 Å². The predicted molar refractivity (Wildman–Crippen MR) is 57.8 cm³/mol. The summed E-state index contributed by atoms with van der Waals surface area (Å²) in [4.78, 5) is 10.7. The van der Waals surface area contributed by atoms with Crippen LogP contribution in [0.3, 0.4) is 0 Å². The number of carboxylic acid groups (broad SMARTS) is 1. The molecule has 1 rings (SSSR count). The Morgan fingerprint density at radius 1 is 1.57 bits per heavy atom. The second-order valence-electron chi connectivity index (χ2n) is 2.67. The zero-order valence-electron chi connectivity index (χ0n) is 7.78. The van der Waals surface area contributed by atoms with Crippen LogP contribution in [0.2, 0.25) is 0 Å². The van der Waals surface area contributed by atoms with Crippen molar-refractivity contribution in [1.29, 1.82) is 0 Å². The molecule has 0 fully saturated rings. The van der Waals surface area contributed by atoms with E-state index < -0.39 is 5.97 Å². The van der Waals surface area contributed by atoms with E-state index in [-0.39, 0.29) is 12.4 Å². The van der Waals surface area contributed by atoms with Gasteiger partial charge >= 0.3 is 5.97 Å². The maximum atomic E-state index is 10.7. The standard InChI is InChI=1S/C9H12N2O2.ClH/c1-2-6-5-7(11-10)3-4-8(6)9(12)13;/h3-5,11H,2,10H2,1H3,(H,12,13);1H. The molecule has 1 aromatic carbocycles. The molecule has 78 valence electrons. The summed E-state index contributed by atoms with van der Waals surface area (Å²) < 4.78 is 0. The number of anilines is 1. The van der Waals surface area contributed by atoms with Crippen LogP contribution in [0.1, 0.15) is 22.8 Å². The van der Waals surface area contributed by atoms with Crippen LogP contribution in [0.4, 0.5) is 5.69 Å². The highest BCUT2D eigenvalue weighted by molar-refractivity contribution is 5.90. The SMILES string of the molecule is CCc1cc(NN)ccc1C(=O)O.Cl. The lowest BCUT2D eigenvalue weighted by molar-refractivity contribution is 0.0696. The lowest BCUT2D eigenvalue weighted by Gasteiger charge is -2.06. The summed E-state index contributed by atoms with van der Waals surface area (Å²) in [6.07, 6.45) is 0.678. The van der Waals surface area contributed by atoms with Crippen molar-refractivity contribution in [2.75, 3.05) is 5.43 Å². The molecule has 0 aliphatic heterocycles. The number of nitrogens with two attached hydrogens (primary N) is 1. The van der Waals surface area contributed by atoms with E-state index in [0.29, 0.717) is 12.0 Å². The van der Waals surface area contributed by atoms with Gasteiger partial charge in [-0.2, -0.15) is 0 Å². The van der Waals surface area contributed by atoms with Crippen molar-refractivity contribution < 1.29 is 9.90 Å². The summed E-state index contributed by atoms with van der Waals surface area (Å²) in [6.45, 7) is 1.90. The number of benzene rings is 1. The first-order valence-electron chi connectivity index (χ1n) is 4.02. The fourth-order valence-electron chi connectivity index (χ4n) is 1.18. The van der Waals surface area contributed by atoms with Crippen molar-refractivity contribution in [3.63, 3.8) is 0 Å². The molecule has 1 aromatic rings. The molecule has 0 heterocycles. The summed E-state index contributed by atoms with van der Waals surface area (Å²) in [5, 5.41) is 8.81. The molecule has 0 amide bonds. The van der Waals surface area contributed by atoms with Gasteiger partial charge in [-0.1, -0.05) is 6.92 Å². The molecule has 0 aliphatic rings. The molecule has 4 N–H and O–H groups in total. The van der Waals surface area contributed by atoms with E-state index in [9.17, 15) is 4.79 Å². The Labute approximate surface area is 88.5 Å². The summed E-state index contributed by atoms with van der Waals surface area (Å²) >= 11 is 0. The van der Waals surface area contributed by atoms with E-state index >= 15 is 0 Å². The molecule has 5 heteroatoms. The first-order chi connectivity index (χ1) is 6.19. The average molecular weight is 217 g/mol. The average Bonchev–Trinajstić information content (AvgIpc) is 2.16. The first kappa shape index (κ1) is 12.7. The molecule has 14 heavy (non-hydrogen) atoms. The van der Waals surface area contributed by atoms with Gasteiger partial charge in [0.15, 0.2) is 0 Å². The van der Waals surface area contributed by atoms with Gasteiger partial charge in [0.25, 0.3) is 0 Å². The zero-order chi connectivity index (χ0) is 9.84. The molecule has 0 aliphatic carbocycles. The molecule has 0 saturated heterocycles. The third kappa shape index (κ3) is 2.61. The number of hydrazine groups is 1. The van der Waals surface area contributed by atoms with Crippen LogP contribution in [-0.4, -0.2) is 11.1 Å². The highest BCUT2D eigenvalue weighted by Gasteiger charge is 2.08. The number of aryl methyl sites for hydroxylation is 1. The van der Waals surface area contributed by atoms with Crippen LogP contribution in [0.25, 0.3) is 0 Å². The smallest absolute Gasteiger partial charge is 0.335 e. The van der Waals surface area contributed by atoms with Crippen molar-refractivity contribution in [3.8, 4) is 0 Å². The molecular formula is C9H13ClN2O2. The number of hydrogen-bond acceptors (Lipinski definition) is 3. The second kappa shape index (κ2) is 5.47. The molecule has 0 unspecified atom stereocenters. The number of nitrogen functional groups attached to an aromatic ring is 1. The fourth-order valence-corrected chi connectivity index (χ4v) is 1.18. The molecule has 0 atom stereocenters. The predicted octanol–water partition coefficient (Wildman–Crippen LogP) is 1.65. The van der Waals surface area contributed by atoms with Gasteiger partial charge in [0, 0.05) is 5.69 Å². The Hall–Kier alpha value is -1.26. The van der Waals surface area contributed by atoms with Crippen LogP contribution < -0.4 is 11.3 Å². The highest BCUT2D eigenvalue weighted by Crippen LogP contribution is 2.15. The Balaban J connectivity index is 0.00000169. The zero-order valence-corrected chi connectivity index (χ0v) is 8.60. The van der Waals surface area contributed by atoms with E-state index in [4.69, 9.17) is 10.9 Å². The second-order valence-corrected chi connectivity index (χ2v) is 2.67. The maximum Gasteiger partial charge on any atom is 0.335 e.